The van der Waals surface area contributed by atoms with Crippen LogP contribution in [0.4, 0.5) is 0 Å². The summed E-state index contributed by atoms with van der Waals surface area (Å²) < 4.78 is 0. The maximum atomic E-state index is 10.6. The number of likely N-dealkylation sites (N-methyl/N-ethyl adjacent to an activating group) is 1. The summed E-state index contributed by atoms with van der Waals surface area (Å²) in [4.78, 5) is 12.3. The number of aliphatic carboxylic acids is 1. The Morgan fingerprint density at radius 3 is 2.38 bits per heavy atom. The number of rotatable bonds is 12. The van der Waals surface area contributed by atoms with E-state index in [0.29, 0.717) is 12.3 Å². The number of aromatic hydroxyl groups is 1. The SMILES string of the molecule is CCCCCCCCCc1cc(CN(C)CC(=O)[O-])ccc1O.[Na+]. The van der Waals surface area contributed by atoms with Gasteiger partial charge in [-0.3, -0.25) is 4.90 Å². The number of carbonyl (C=O) groups excluding carboxylic acids is 1. The molecule has 1 aromatic rings. The zero-order valence-corrected chi connectivity index (χ0v) is 17.5. The number of hydrogen-bond donors (Lipinski definition) is 1. The van der Waals surface area contributed by atoms with E-state index in [2.05, 4.69) is 6.92 Å². The maximum absolute atomic E-state index is 10.6. The van der Waals surface area contributed by atoms with E-state index in [1.165, 1.54) is 38.5 Å². The number of aryl methyl sites for hydroxylation is 1. The third-order valence-corrected chi connectivity index (χ3v) is 4.05. The Morgan fingerprint density at radius 2 is 1.75 bits per heavy atom. The number of nitrogens with zero attached hydrogens (tertiary/aromatic N) is 1. The molecule has 1 rings (SSSR count). The van der Waals surface area contributed by atoms with Crippen molar-refractivity contribution in [3.63, 3.8) is 0 Å². The number of phenols is 1. The number of phenolic OH excluding ortho intramolecular Hbond substituents is 1. The number of benzene rings is 1. The molecule has 0 aliphatic heterocycles. The maximum Gasteiger partial charge on any atom is 1.00 e. The molecule has 24 heavy (non-hydrogen) atoms. The summed E-state index contributed by atoms with van der Waals surface area (Å²) in [6, 6.07) is 5.53. The molecule has 0 aliphatic rings. The van der Waals surface area contributed by atoms with Crippen LogP contribution in [0.15, 0.2) is 18.2 Å². The molecule has 0 heterocycles. The summed E-state index contributed by atoms with van der Waals surface area (Å²) in [7, 11) is 1.75. The Kier molecular flexibility index (Phi) is 13.4. The molecule has 1 N–H and O–H groups in total. The number of carboxylic acid groups (broad SMARTS) is 1. The van der Waals surface area contributed by atoms with E-state index in [-0.39, 0.29) is 36.1 Å². The molecular weight excluding hydrogens is 313 g/mol. The van der Waals surface area contributed by atoms with Crippen molar-refractivity contribution < 1.29 is 44.6 Å². The monoisotopic (exact) mass is 343 g/mol. The number of carboxylic acids is 1. The Bertz CT molecular complexity index is 480. The first-order chi connectivity index (χ1) is 11.0. The summed E-state index contributed by atoms with van der Waals surface area (Å²) in [6.07, 6.45) is 9.62. The minimum Gasteiger partial charge on any atom is -0.549 e. The molecule has 0 unspecified atom stereocenters. The molecule has 4 nitrogen and oxygen atoms in total. The van der Waals surface area contributed by atoms with Crippen LogP contribution in [0.25, 0.3) is 0 Å². The van der Waals surface area contributed by atoms with Gasteiger partial charge in [0.1, 0.15) is 5.75 Å². The number of carbonyl (C=O) groups is 1. The molecule has 1 aromatic carbocycles. The van der Waals surface area contributed by atoms with Gasteiger partial charge in [-0.25, -0.2) is 0 Å². The second-order valence-electron chi connectivity index (χ2n) is 6.38. The molecule has 0 saturated heterocycles. The van der Waals surface area contributed by atoms with Crippen LogP contribution >= 0.6 is 0 Å². The van der Waals surface area contributed by atoms with E-state index in [1.807, 2.05) is 12.1 Å². The molecule has 5 heteroatoms. The van der Waals surface area contributed by atoms with Gasteiger partial charge < -0.3 is 15.0 Å². The van der Waals surface area contributed by atoms with Crippen LogP contribution < -0.4 is 34.7 Å². The second kappa shape index (κ2) is 13.7. The van der Waals surface area contributed by atoms with Gasteiger partial charge in [0.25, 0.3) is 0 Å². The van der Waals surface area contributed by atoms with E-state index >= 15 is 0 Å². The summed E-state index contributed by atoms with van der Waals surface area (Å²) in [6.45, 7) is 2.67. The first-order valence-electron chi connectivity index (χ1n) is 8.72. The van der Waals surface area contributed by atoms with Crippen molar-refractivity contribution in [3.05, 3.63) is 29.3 Å². The van der Waals surface area contributed by atoms with E-state index in [1.54, 1.807) is 18.0 Å². The average Bonchev–Trinajstić information content (AvgIpc) is 2.48. The van der Waals surface area contributed by atoms with Gasteiger partial charge in [0.2, 0.25) is 0 Å². The zero-order chi connectivity index (χ0) is 17.1. The Balaban J connectivity index is 0.00000529. The van der Waals surface area contributed by atoms with E-state index in [0.717, 1.165) is 24.0 Å². The van der Waals surface area contributed by atoms with Crippen LogP contribution in [0.2, 0.25) is 0 Å². The topological polar surface area (TPSA) is 63.6 Å². The van der Waals surface area contributed by atoms with Crippen molar-refractivity contribution in [1.82, 2.24) is 4.90 Å². The third-order valence-electron chi connectivity index (χ3n) is 4.05. The standard InChI is InChI=1S/C19H31NO3.Na/c1-3-4-5-6-7-8-9-10-17-13-16(11-12-18(17)21)14-20(2)15-19(22)23;/h11-13,21H,3-10,14-15H2,1-2H3,(H,22,23);/q;+1/p-1. The van der Waals surface area contributed by atoms with Crippen LogP contribution in [0, 0.1) is 0 Å². The molecule has 0 spiro atoms. The van der Waals surface area contributed by atoms with Crippen molar-refractivity contribution in [2.24, 2.45) is 0 Å². The minimum absolute atomic E-state index is 0. The summed E-state index contributed by atoms with van der Waals surface area (Å²) in [5, 5.41) is 20.6. The van der Waals surface area contributed by atoms with Gasteiger partial charge >= 0.3 is 29.6 Å². The van der Waals surface area contributed by atoms with Gasteiger partial charge in [-0.15, -0.1) is 0 Å². The van der Waals surface area contributed by atoms with E-state index < -0.39 is 5.97 Å². The van der Waals surface area contributed by atoms with Gasteiger partial charge in [-0.1, -0.05) is 57.6 Å². The van der Waals surface area contributed by atoms with Gasteiger partial charge in [0.15, 0.2) is 0 Å². The molecule has 130 valence electrons. The van der Waals surface area contributed by atoms with Crippen molar-refractivity contribution in [1.29, 1.82) is 0 Å². The van der Waals surface area contributed by atoms with Gasteiger partial charge in [-0.05, 0) is 37.1 Å². The number of unbranched alkanes of at least 4 members (excludes halogenated alkanes) is 6. The average molecular weight is 343 g/mol. The van der Waals surface area contributed by atoms with E-state index in [4.69, 9.17) is 0 Å². The van der Waals surface area contributed by atoms with Crippen LogP contribution in [0.3, 0.4) is 0 Å². The Morgan fingerprint density at radius 1 is 1.12 bits per heavy atom. The van der Waals surface area contributed by atoms with Crippen molar-refractivity contribution in [2.45, 2.75) is 64.8 Å². The Hall–Kier alpha value is -0.550. The quantitative estimate of drug-likeness (QED) is 0.424. The fraction of sp³-hybridized carbons (Fsp3) is 0.632. The second-order valence-corrected chi connectivity index (χ2v) is 6.38. The van der Waals surface area contributed by atoms with Crippen LogP contribution in [0.1, 0.15) is 63.0 Å². The largest absolute Gasteiger partial charge is 1.00 e. The molecule has 0 atom stereocenters. The molecular formula is C19H30NNaO3. The molecule has 0 radical (unpaired) electrons. The fourth-order valence-electron chi connectivity index (χ4n) is 2.80. The molecule has 0 amide bonds. The number of hydrogen-bond acceptors (Lipinski definition) is 4. The normalized spacial score (nSPS) is 10.6. The predicted molar refractivity (Wildman–Crippen MR) is 91.1 cm³/mol. The molecule has 0 saturated carbocycles. The van der Waals surface area contributed by atoms with E-state index in [9.17, 15) is 15.0 Å². The zero-order valence-electron chi connectivity index (χ0n) is 15.5. The molecule has 0 aromatic heterocycles. The smallest absolute Gasteiger partial charge is 0.549 e. The fourth-order valence-corrected chi connectivity index (χ4v) is 2.80. The minimum atomic E-state index is -1.07. The first kappa shape index (κ1) is 23.4. The summed E-state index contributed by atoms with van der Waals surface area (Å²) in [5.41, 5.74) is 1.97. The van der Waals surface area contributed by atoms with Crippen molar-refractivity contribution in [2.75, 3.05) is 13.6 Å². The third kappa shape index (κ3) is 10.3. The van der Waals surface area contributed by atoms with Crippen LogP contribution in [0.5, 0.6) is 5.75 Å². The predicted octanol–water partition coefficient (Wildman–Crippen LogP) is -0.129. The van der Waals surface area contributed by atoms with Crippen molar-refractivity contribution in [3.8, 4) is 5.75 Å². The van der Waals surface area contributed by atoms with Crippen molar-refractivity contribution >= 4 is 5.97 Å². The van der Waals surface area contributed by atoms with Gasteiger partial charge in [0.05, 0.1) is 5.97 Å². The first-order valence-corrected chi connectivity index (χ1v) is 8.72. The molecule has 0 aliphatic carbocycles. The Labute approximate surface area is 168 Å². The van der Waals surface area contributed by atoms with Gasteiger partial charge in [-0.2, -0.15) is 0 Å². The summed E-state index contributed by atoms with van der Waals surface area (Å²) in [5.74, 6) is -0.739. The van der Waals surface area contributed by atoms with Crippen LogP contribution in [-0.2, 0) is 17.8 Å². The van der Waals surface area contributed by atoms with Crippen LogP contribution in [-0.4, -0.2) is 29.6 Å². The molecule has 0 bridgehead atoms. The van der Waals surface area contributed by atoms with Gasteiger partial charge in [0, 0.05) is 13.1 Å². The summed E-state index contributed by atoms with van der Waals surface area (Å²) >= 11 is 0. The molecule has 0 fully saturated rings.